The SMILES string of the molecule is Nc1cc([N+](=O)[O-])ccc1Nc1cccc(I)c1. The molecule has 0 unspecified atom stereocenters. The Bertz CT molecular complexity index is 602. The third-order valence-electron chi connectivity index (χ3n) is 2.35. The molecule has 18 heavy (non-hydrogen) atoms. The largest absolute Gasteiger partial charge is 0.397 e. The lowest BCUT2D eigenvalue weighted by molar-refractivity contribution is -0.384. The van der Waals surface area contributed by atoms with E-state index < -0.39 is 4.92 Å². The predicted octanol–water partition coefficient (Wildman–Crippen LogP) is 3.53. The third-order valence-corrected chi connectivity index (χ3v) is 3.02. The molecule has 0 aliphatic carbocycles. The van der Waals surface area contributed by atoms with Crippen LogP contribution in [-0.2, 0) is 0 Å². The summed E-state index contributed by atoms with van der Waals surface area (Å²) in [6.45, 7) is 0. The van der Waals surface area contributed by atoms with Gasteiger partial charge in [-0.3, -0.25) is 10.1 Å². The molecule has 0 fully saturated rings. The molecule has 0 aliphatic rings. The molecule has 2 rings (SSSR count). The summed E-state index contributed by atoms with van der Waals surface area (Å²) < 4.78 is 1.10. The molecule has 2 aromatic rings. The van der Waals surface area contributed by atoms with Gasteiger partial charge >= 0.3 is 0 Å². The second-order valence-corrected chi connectivity index (χ2v) is 4.91. The van der Waals surface area contributed by atoms with Crippen molar-refractivity contribution in [2.75, 3.05) is 11.1 Å². The van der Waals surface area contributed by atoms with Gasteiger partial charge in [-0.15, -0.1) is 0 Å². The van der Waals surface area contributed by atoms with Crippen molar-refractivity contribution in [2.24, 2.45) is 0 Å². The Morgan fingerprint density at radius 2 is 2.00 bits per heavy atom. The highest BCUT2D eigenvalue weighted by molar-refractivity contribution is 14.1. The van der Waals surface area contributed by atoms with Gasteiger partial charge in [0.25, 0.3) is 5.69 Å². The van der Waals surface area contributed by atoms with Crippen LogP contribution < -0.4 is 11.1 Å². The Labute approximate surface area is 117 Å². The van der Waals surface area contributed by atoms with Crippen LogP contribution in [0.15, 0.2) is 42.5 Å². The molecule has 5 nitrogen and oxygen atoms in total. The molecular formula is C12H10IN3O2. The number of nitro groups is 1. The Morgan fingerprint density at radius 1 is 1.22 bits per heavy atom. The summed E-state index contributed by atoms with van der Waals surface area (Å²) in [5, 5.41) is 13.7. The number of nitrogen functional groups attached to an aromatic ring is 1. The van der Waals surface area contributed by atoms with E-state index in [9.17, 15) is 10.1 Å². The first kappa shape index (κ1) is 12.6. The molecule has 0 saturated carbocycles. The zero-order chi connectivity index (χ0) is 13.1. The van der Waals surface area contributed by atoms with E-state index >= 15 is 0 Å². The standard InChI is InChI=1S/C12H10IN3O2/c13-8-2-1-3-9(6-8)15-12-5-4-10(16(17)18)7-11(12)14/h1-7,15H,14H2. The monoisotopic (exact) mass is 355 g/mol. The average molecular weight is 355 g/mol. The fourth-order valence-electron chi connectivity index (χ4n) is 1.50. The summed E-state index contributed by atoms with van der Waals surface area (Å²) in [5.74, 6) is 0. The molecule has 0 aromatic heterocycles. The number of benzene rings is 2. The van der Waals surface area contributed by atoms with Gasteiger partial charge in [-0.25, -0.2) is 0 Å². The van der Waals surface area contributed by atoms with Crippen LogP contribution in [-0.4, -0.2) is 4.92 Å². The Balaban J connectivity index is 2.27. The number of nitrogens with zero attached hydrogens (tertiary/aromatic N) is 1. The van der Waals surface area contributed by atoms with Crippen LogP contribution in [0.5, 0.6) is 0 Å². The van der Waals surface area contributed by atoms with Crippen molar-refractivity contribution < 1.29 is 4.92 Å². The molecule has 3 N–H and O–H groups in total. The van der Waals surface area contributed by atoms with Crippen LogP contribution in [0.25, 0.3) is 0 Å². The number of hydrogen-bond acceptors (Lipinski definition) is 4. The van der Waals surface area contributed by atoms with Crippen LogP contribution in [0.1, 0.15) is 0 Å². The van der Waals surface area contributed by atoms with Crippen LogP contribution in [0.4, 0.5) is 22.7 Å². The Kier molecular flexibility index (Phi) is 3.66. The molecule has 0 spiro atoms. The summed E-state index contributed by atoms with van der Waals surface area (Å²) in [7, 11) is 0. The predicted molar refractivity (Wildman–Crippen MR) is 80.0 cm³/mol. The molecule has 0 amide bonds. The van der Waals surface area contributed by atoms with Crippen LogP contribution in [0.3, 0.4) is 0 Å². The highest BCUT2D eigenvalue weighted by Gasteiger charge is 2.08. The van der Waals surface area contributed by atoms with Crippen molar-refractivity contribution in [2.45, 2.75) is 0 Å². The molecule has 92 valence electrons. The van der Waals surface area contributed by atoms with Crippen molar-refractivity contribution in [3.05, 3.63) is 56.1 Å². The molecular weight excluding hydrogens is 345 g/mol. The first-order valence-electron chi connectivity index (χ1n) is 5.13. The Hall–Kier alpha value is -1.83. The van der Waals surface area contributed by atoms with Gasteiger partial charge in [-0.2, -0.15) is 0 Å². The van der Waals surface area contributed by atoms with Crippen molar-refractivity contribution in [3.8, 4) is 0 Å². The van der Waals surface area contributed by atoms with Gasteiger partial charge < -0.3 is 11.1 Å². The van der Waals surface area contributed by atoms with E-state index in [0.29, 0.717) is 11.4 Å². The maximum absolute atomic E-state index is 10.6. The zero-order valence-corrected chi connectivity index (χ0v) is 11.4. The first-order valence-corrected chi connectivity index (χ1v) is 6.20. The lowest BCUT2D eigenvalue weighted by Crippen LogP contribution is -1.98. The smallest absolute Gasteiger partial charge is 0.271 e. The molecule has 2 aromatic carbocycles. The molecule has 0 aliphatic heterocycles. The number of hydrogen-bond donors (Lipinski definition) is 2. The molecule has 0 heterocycles. The van der Waals surface area contributed by atoms with E-state index in [1.807, 2.05) is 24.3 Å². The number of halogens is 1. The number of rotatable bonds is 3. The highest BCUT2D eigenvalue weighted by atomic mass is 127. The highest BCUT2D eigenvalue weighted by Crippen LogP contribution is 2.27. The summed E-state index contributed by atoms with van der Waals surface area (Å²) in [6.07, 6.45) is 0. The molecule has 6 heteroatoms. The van der Waals surface area contributed by atoms with Gasteiger partial charge in [0.2, 0.25) is 0 Å². The van der Waals surface area contributed by atoms with Crippen LogP contribution in [0.2, 0.25) is 0 Å². The maximum Gasteiger partial charge on any atom is 0.271 e. The second-order valence-electron chi connectivity index (χ2n) is 3.66. The third kappa shape index (κ3) is 2.89. The fourth-order valence-corrected chi connectivity index (χ4v) is 2.04. The summed E-state index contributed by atoms with van der Waals surface area (Å²) >= 11 is 2.21. The number of nitrogens with one attached hydrogen (secondary N) is 1. The van der Waals surface area contributed by atoms with Gasteiger partial charge in [-0.05, 0) is 46.9 Å². The topological polar surface area (TPSA) is 81.2 Å². The second kappa shape index (κ2) is 5.21. The van der Waals surface area contributed by atoms with Crippen LogP contribution in [0, 0.1) is 13.7 Å². The Morgan fingerprint density at radius 3 is 2.61 bits per heavy atom. The molecule has 0 radical (unpaired) electrons. The van der Waals surface area contributed by atoms with E-state index in [0.717, 1.165) is 9.26 Å². The molecule has 0 atom stereocenters. The number of nitro benzene ring substituents is 1. The maximum atomic E-state index is 10.6. The van der Waals surface area contributed by atoms with Gasteiger partial charge in [0.05, 0.1) is 16.3 Å². The van der Waals surface area contributed by atoms with E-state index in [2.05, 4.69) is 27.9 Å². The van der Waals surface area contributed by atoms with Gasteiger partial charge in [-0.1, -0.05) is 6.07 Å². The zero-order valence-electron chi connectivity index (χ0n) is 9.26. The first-order chi connectivity index (χ1) is 8.56. The number of non-ortho nitro benzene ring substituents is 1. The van der Waals surface area contributed by atoms with Crippen LogP contribution >= 0.6 is 22.6 Å². The van der Waals surface area contributed by atoms with Crippen molar-refractivity contribution in [1.82, 2.24) is 0 Å². The summed E-state index contributed by atoms with van der Waals surface area (Å²) in [6, 6.07) is 12.1. The van der Waals surface area contributed by atoms with E-state index in [-0.39, 0.29) is 5.69 Å². The lowest BCUT2D eigenvalue weighted by Gasteiger charge is -2.09. The quantitative estimate of drug-likeness (QED) is 0.382. The van der Waals surface area contributed by atoms with Crippen molar-refractivity contribution >= 4 is 45.3 Å². The number of anilines is 3. The van der Waals surface area contributed by atoms with Crippen molar-refractivity contribution in [3.63, 3.8) is 0 Å². The fraction of sp³-hybridized carbons (Fsp3) is 0. The lowest BCUT2D eigenvalue weighted by atomic mass is 10.2. The summed E-state index contributed by atoms with van der Waals surface area (Å²) in [4.78, 5) is 10.1. The normalized spacial score (nSPS) is 10.1. The minimum atomic E-state index is -0.467. The summed E-state index contributed by atoms with van der Waals surface area (Å²) in [5.41, 5.74) is 7.66. The molecule has 0 bridgehead atoms. The van der Waals surface area contributed by atoms with Gasteiger partial charge in [0, 0.05) is 21.4 Å². The van der Waals surface area contributed by atoms with E-state index in [1.165, 1.54) is 12.1 Å². The van der Waals surface area contributed by atoms with Crippen molar-refractivity contribution in [1.29, 1.82) is 0 Å². The minimum absolute atomic E-state index is 0.0132. The molecule has 0 saturated heterocycles. The minimum Gasteiger partial charge on any atom is -0.397 e. The number of nitrogens with two attached hydrogens (primary N) is 1. The van der Waals surface area contributed by atoms with E-state index in [1.54, 1.807) is 6.07 Å². The average Bonchev–Trinajstić information content (AvgIpc) is 2.31. The van der Waals surface area contributed by atoms with Gasteiger partial charge in [0.1, 0.15) is 0 Å². The van der Waals surface area contributed by atoms with E-state index in [4.69, 9.17) is 5.73 Å². The van der Waals surface area contributed by atoms with Gasteiger partial charge in [0.15, 0.2) is 0 Å².